The summed E-state index contributed by atoms with van der Waals surface area (Å²) in [6.45, 7) is 4.12. The number of likely N-dealkylation sites (tertiary alicyclic amines) is 1. The number of aryl methyl sites for hydroxylation is 1. The maximum absolute atomic E-state index is 12.1. The van der Waals surface area contributed by atoms with E-state index in [9.17, 15) is 4.79 Å². The smallest absolute Gasteiger partial charge is 0.224 e. The van der Waals surface area contributed by atoms with Crippen molar-refractivity contribution in [3.05, 3.63) is 29.3 Å². The molecule has 4 heteroatoms. The first kappa shape index (κ1) is 14.9. The molecular formula is C16H24N2O2. The zero-order valence-corrected chi connectivity index (χ0v) is 12.6. The Hall–Kier alpha value is -1.55. The largest absolute Gasteiger partial charge is 0.496 e. The molecule has 0 unspecified atom stereocenters. The monoisotopic (exact) mass is 276 g/mol. The first-order valence-corrected chi connectivity index (χ1v) is 7.20. The Morgan fingerprint density at radius 1 is 1.40 bits per heavy atom. The van der Waals surface area contributed by atoms with Gasteiger partial charge in [0.25, 0.3) is 0 Å². The van der Waals surface area contributed by atoms with Gasteiger partial charge in [0.05, 0.1) is 13.5 Å². The van der Waals surface area contributed by atoms with Gasteiger partial charge < -0.3 is 15.0 Å². The molecule has 1 saturated heterocycles. The quantitative estimate of drug-likeness (QED) is 0.911. The van der Waals surface area contributed by atoms with E-state index in [0.29, 0.717) is 12.5 Å². The van der Waals surface area contributed by atoms with Gasteiger partial charge >= 0.3 is 0 Å². The minimum Gasteiger partial charge on any atom is -0.496 e. The predicted molar refractivity (Wildman–Crippen MR) is 80.1 cm³/mol. The molecule has 2 rings (SSSR count). The van der Waals surface area contributed by atoms with Gasteiger partial charge in [0.2, 0.25) is 5.91 Å². The predicted octanol–water partition coefficient (Wildman–Crippen LogP) is 1.76. The summed E-state index contributed by atoms with van der Waals surface area (Å²) in [4.78, 5) is 14.4. The second-order valence-electron chi connectivity index (χ2n) is 5.63. The number of hydrogen-bond donors (Lipinski definition) is 1. The van der Waals surface area contributed by atoms with E-state index in [0.717, 1.165) is 42.8 Å². The van der Waals surface area contributed by atoms with Crippen LogP contribution in [0.1, 0.15) is 24.0 Å². The molecule has 110 valence electrons. The van der Waals surface area contributed by atoms with Crippen molar-refractivity contribution in [3.63, 3.8) is 0 Å². The lowest BCUT2D eigenvalue weighted by atomic mass is 10.0. The Balaban J connectivity index is 1.88. The number of nitrogens with zero attached hydrogens (tertiary/aromatic N) is 1. The SMILES string of the molecule is COc1cc(CC(=O)NC2CCN(C)CC2)ccc1C. The van der Waals surface area contributed by atoms with E-state index in [2.05, 4.69) is 17.3 Å². The Morgan fingerprint density at radius 2 is 2.10 bits per heavy atom. The molecule has 1 fully saturated rings. The van der Waals surface area contributed by atoms with Crippen LogP contribution in [0.4, 0.5) is 0 Å². The van der Waals surface area contributed by atoms with Crippen LogP contribution in [0.25, 0.3) is 0 Å². The number of carbonyl (C=O) groups excluding carboxylic acids is 1. The van der Waals surface area contributed by atoms with Gasteiger partial charge in [-0.2, -0.15) is 0 Å². The molecule has 1 aromatic rings. The molecule has 1 N–H and O–H groups in total. The first-order valence-electron chi connectivity index (χ1n) is 7.20. The van der Waals surface area contributed by atoms with Crippen LogP contribution in [-0.4, -0.2) is 44.1 Å². The van der Waals surface area contributed by atoms with Crippen LogP contribution in [0, 0.1) is 6.92 Å². The molecule has 1 amide bonds. The van der Waals surface area contributed by atoms with Crippen molar-refractivity contribution in [1.82, 2.24) is 10.2 Å². The van der Waals surface area contributed by atoms with E-state index >= 15 is 0 Å². The molecule has 1 aromatic carbocycles. The summed E-state index contributed by atoms with van der Waals surface area (Å²) in [5, 5.41) is 3.13. The third kappa shape index (κ3) is 3.97. The lowest BCUT2D eigenvalue weighted by Gasteiger charge is -2.29. The molecule has 0 aliphatic carbocycles. The van der Waals surface area contributed by atoms with Crippen LogP contribution < -0.4 is 10.1 Å². The fraction of sp³-hybridized carbons (Fsp3) is 0.562. The lowest BCUT2D eigenvalue weighted by Crippen LogP contribution is -2.43. The molecule has 0 atom stereocenters. The van der Waals surface area contributed by atoms with Gasteiger partial charge in [-0.25, -0.2) is 0 Å². The minimum absolute atomic E-state index is 0.102. The highest BCUT2D eigenvalue weighted by atomic mass is 16.5. The third-order valence-corrected chi connectivity index (χ3v) is 3.92. The molecule has 0 spiro atoms. The molecule has 0 saturated carbocycles. The number of nitrogens with one attached hydrogen (secondary N) is 1. The van der Waals surface area contributed by atoms with Crippen LogP contribution in [0.2, 0.25) is 0 Å². The van der Waals surface area contributed by atoms with Crippen molar-refractivity contribution in [2.75, 3.05) is 27.2 Å². The van der Waals surface area contributed by atoms with Crippen LogP contribution in [0.5, 0.6) is 5.75 Å². The van der Waals surface area contributed by atoms with Crippen molar-refractivity contribution >= 4 is 5.91 Å². The van der Waals surface area contributed by atoms with Crippen molar-refractivity contribution in [2.24, 2.45) is 0 Å². The van der Waals surface area contributed by atoms with E-state index in [-0.39, 0.29) is 5.91 Å². The van der Waals surface area contributed by atoms with E-state index in [1.807, 2.05) is 25.1 Å². The molecule has 20 heavy (non-hydrogen) atoms. The molecule has 0 aromatic heterocycles. The summed E-state index contributed by atoms with van der Waals surface area (Å²) >= 11 is 0. The van der Waals surface area contributed by atoms with Gasteiger partial charge in [-0.1, -0.05) is 12.1 Å². The van der Waals surface area contributed by atoms with Gasteiger partial charge in [0.15, 0.2) is 0 Å². The fourth-order valence-corrected chi connectivity index (χ4v) is 2.59. The van der Waals surface area contributed by atoms with Crippen LogP contribution in [0.15, 0.2) is 18.2 Å². The Morgan fingerprint density at radius 3 is 2.75 bits per heavy atom. The number of methoxy groups -OCH3 is 1. The van der Waals surface area contributed by atoms with E-state index in [1.165, 1.54) is 0 Å². The molecule has 1 aliphatic rings. The summed E-state index contributed by atoms with van der Waals surface area (Å²) in [6, 6.07) is 6.26. The number of piperidine rings is 1. The molecule has 0 radical (unpaired) electrons. The normalized spacial score (nSPS) is 16.9. The van der Waals surface area contributed by atoms with Crippen molar-refractivity contribution < 1.29 is 9.53 Å². The summed E-state index contributed by atoms with van der Waals surface area (Å²) in [5.41, 5.74) is 2.09. The van der Waals surface area contributed by atoms with Gasteiger partial charge in [-0.3, -0.25) is 4.79 Å². The number of ether oxygens (including phenoxy) is 1. The highest BCUT2D eigenvalue weighted by Gasteiger charge is 2.18. The number of carbonyl (C=O) groups is 1. The van der Waals surface area contributed by atoms with Crippen molar-refractivity contribution in [2.45, 2.75) is 32.2 Å². The number of amides is 1. The fourth-order valence-electron chi connectivity index (χ4n) is 2.59. The third-order valence-electron chi connectivity index (χ3n) is 3.92. The molecule has 1 heterocycles. The van der Waals surface area contributed by atoms with Gasteiger partial charge in [-0.05, 0) is 57.1 Å². The Kier molecular flexibility index (Phi) is 5.01. The number of benzene rings is 1. The Bertz CT molecular complexity index is 466. The first-order chi connectivity index (χ1) is 9.58. The Labute approximate surface area is 121 Å². The van der Waals surface area contributed by atoms with E-state index in [1.54, 1.807) is 7.11 Å². The topological polar surface area (TPSA) is 41.6 Å². The second kappa shape index (κ2) is 6.75. The number of rotatable bonds is 4. The highest BCUT2D eigenvalue weighted by Crippen LogP contribution is 2.19. The summed E-state index contributed by atoms with van der Waals surface area (Å²) in [5.74, 6) is 0.944. The van der Waals surface area contributed by atoms with Crippen LogP contribution in [-0.2, 0) is 11.2 Å². The minimum atomic E-state index is 0.102. The maximum Gasteiger partial charge on any atom is 0.224 e. The van der Waals surface area contributed by atoms with Gasteiger partial charge in [0, 0.05) is 6.04 Å². The standard InChI is InChI=1S/C16H24N2O2/c1-12-4-5-13(10-15(12)20-3)11-16(19)17-14-6-8-18(2)9-7-14/h4-5,10,14H,6-9,11H2,1-3H3,(H,17,19). The summed E-state index contributed by atoms with van der Waals surface area (Å²) < 4.78 is 5.29. The zero-order chi connectivity index (χ0) is 14.5. The molecule has 0 bridgehead atoms. The average Bonchev–Trinajstić information content (AvgIpc) is 2.43. The van der Waals surface area contributed by atoms with Crippen LogP contribution >= 0.6 is 0 Å². The molecule has 1 aliphatic heterocycles. The molecular weight excluding hydrogens is 252 g/mol. The van der Waals surface area contributed by atoms with E-state index in [4.69, 9.17) is 4.74 Å². The van der Waals surface area contributed by atoms with Gasteiger partial charge in [0.1, 0.15) is 5.75 Å². The second-order valence-corrected chi connectivity index (χ2v) is 5.63. The highest BCUT2D eigenvalue weighted by molar-refractivity contribution is 5.79. The summed E-state index contributed by atoms with van der Waals surface area (Å²) in [6.07, 6.45) is 2.50. The van der Waals surface area contributed by atoms with E-state index < -0.39 is 0 Å². The zero-order valence-electron chi connectivity index (χ0n) is 12.6. The lowest BCUT2D eigenvalue weighted by molar-refractivity contribution is -0.121. The van der Waals surface area contributed by atoms with Crippen molar-refractivity contribution in [1.29, 1.82) is 0 Å². The van der Waals surface area contributed by atoms with Crippen molar-refractivity contribution in [3.8, 4) is 5.75 Å². The summed E-state index contributed by atoms with van der Waals surface area (Å²) in [7, 11) is 3.78. The van der Waals surface area contributed by atoms with Gasteiger partial charge in [-0.15, -0.1) is 0 Å². The van der Waals surface area contributed by atoms with Crippen LogP contribution in [0.3, 0.4) is 0 Å². The maximum atomic E-state index is 12.1. The molecule has 4 nitrogen and oxygen atoms in total. The average molecular weight is 276 g/mol. The number of hydrogen-bond acceptors (Lipinski definition) is 3.